The van der Waals surface area contributed by atoms with E-state index in [1.807, 2.05) is 6.07 Å². The van der Waals surface area contributed by atoms with Crippen molar-refractivity contribution >= 4 is 88.6 Å². The van der Waals surface area contributed by atoms with Crippen molar-refractivity contribution in [1.82, 2.24) is 0 Å². The van der Waals surface area contributed by atoms with Crippen LogP contribution >= 0.6 is 37.2 Å². The Morgan fingerprint density at radius 2 is 1.00 bits per heavy atom. The van der Waals surface area contributed by atoms with Gasteiger partial charge in [0, 0.05) is 78.6 Å². The third-order valence-electron chi connectivity index (χ3n) is 13.4. The largest absolute Gasteiger partial charge is 1.00 e. The molecular formula is C56H102I2NaO8Si6. The van der Waals surface area contributed by atoms with Crippen molar-refractivity contribution in [3.05, 3.63) is 69.8 Å². The summed E-state index contributed by atoms with van der Waals surface area (Å²) in [6, 6.07) is 8.69. The standard InChI is InChI=1S/C28H50O4Si3.C21H30O2.C7H21O2Si3.I2.Na.H/c1-12-13-14-15-22-19-25-27(23-18-21(2)16-17-24(23)28(3,4)29-25)26(20-22)30-35(11,31-33(5,6)7)32-34(8,9)10;1-5-6-7-8-15-12-18(22)20-16-11-14(2)9-10-17(16)21(3,4)23-19(20)13-15;1-10(8-11(2,3)4)9-12(5,6)7;1-2;;/h18-20,23-24H,12-17H2,1-11H3;11-13,16-17,22H,5-10H2,1-4H3;1-7H3;;;/q;;;;+1;-1/t23-,24-;16-,17-;;;;/m11..../s1. The second kappa shape index (κ2) is 29.4. The van der Waals surface area contributed by atoms with Crippen LogP contribution in [0.1, 0.15) is 155 Å². The maximum atomic E-state index is 10.7. The molecule has 2 aromatic carbocycles. The first-order valence-electron chi connectivity index (χ1n) is 27.2. The minimum absolute atomic E-state index is 0. The van der Waals surface area contributed by atoms with Gasteiger partial charge in [0.15, 0.2) is 33.3 Å². The summed E-state index contributed by atoms with van der Waals surface area (Å²) in [6.45, 7) is 48.6. The molecule has 0 bridgehead atoms. The molecule has 6 rings (SSSR count). The number of allylic oxidation sites excluding steroid dienone is 4. The molecule has 2 aromatic rings. The van der Waals surface area contributed by atoms with Crippen LogP contribution in [0.3, 0.4) is 0 Å². The Morgan fingerprint density at radius 1 is 0.616 bits per heavy atom. The van der Waals surface area contributed by atoms with Gasteiger partial charge in [-0.1, -0.05) is 62.8 Å². The number of hydrogen-bond donors (Lipinski definition) is 1. The fraction of sp³-hybridized carbons (Fsp3) is 0.714. The van der Waals surface area contributed by atoms with E-state index in [4.69, 9.17) is 30.4 Å². The minimum atomic E-state index is -2.94. The monoisotopic (exact) mass is 1350 g/mol. The van der Waals surface area contributed by atoms with Gasteiger partial charge in [0.1, 0.15) is 34.2 Å². The molecule has 2 aliphatic heterocycles. The SMILES string of the molecule is CCCCCc1cc(O)c2c(c1)OC(C)(C)[C@@H]1CCC(C)=C[C@@H]21.CCCCCc1cc2c(c(O[Si](C)(O[Si](C)(C)C)O[Si](C)(C)C)c1)[C@@H]1C=C(C)CC[C@H]1C(C)(C)O2.C[Si](O[Si](C)(C)C)O[Si](C)(C)C.II.[H-].[Na+]. The van der Waals surface area contributed by atoms with Crippen molar-refractivity contribution in [3.63, 3.8) is 0 Å². The molecule has 0 spiro atoms. The number of ether oxygens (including phenoxy) is 2. The minimum Gasteiger partial charge on any atom is -1.00 e. The van der Waals surface area contributed by atoms with Gasteiger partial charge in [-0.15, -0.1) is 0 Å². The topological polar surface area (TPSA) is 84.8 Å². The maximum Gasteiger partial charge on any atom is 1.00 e. The van der Waals surface area contributed by atoms with Gasteiger partial charge in [0.05, 0.1) is 0 Å². The molecule has 4 atom stereocenters. The van der Waals surface area contributed by atoms with Crippen molar-refractivity contribution < 1.29 is 66.5 Å². The molecule has 0 saturated heterocycles. The van der Waals surface area contributed by atoms with Crippen molar-refractivity contribution in [2.24, 2.45) is 11.8 Å². The maximum absolute atomic E-state index is 10.7. The Hall–Kier alpha value is 0.721. The van der Waals surface area contributed by atoms with Gasteiger partial charge < -0.3 is 36.9 Å². The summed E-state index contributed by atoms with van der Waals surface area (Å²) < 4.78 is 45.4. The van der Waals surface area contributed by atoms with Gasteiger partial charge in [-0.25, -0.2) is 0 Å². The van der Waals surface area contributed by atoms with Crippen LogP contribution in [-0.4, -0.2) is 67.7 Å². The molecule has 413 valence electrons. The van der Waals surface area contributed by atoms with E-state index >= 15 is 0 Å². The Labute approximate surface area is 501 Å². The van der Waals surface area contributed by atoms with E-state index in [-0.39, 0.29) is 48.1 Å². The quantitative estimate of drug-likeness (QED) is 0.0684. The number of benzene rings is 2. The van der Waals surface area contributed by atoms with Crippen LogP contribution in [0.25, 0.3) is 0 Å². The van der Waals surface area contributed by atoms with Crippen LogP contribution in [0, 0.1) is 11.8 Å². The van der Waals surface area contributed by atoms with Crippen LogP contribution in [0.4, 0.5) is 0 Å². The van der Waals surface area contributed by atoms with E-state index in [1.54, 1.807) is 0 Å². The molecule has 4 aliphatic rings. The van der Waals surface area contributed by atoms with Crippen LogP contribution in [0.15, 0.2) is 47.6 Å². The molecule has 0 amide bonds. The van der Waals surface area contributed by atoms with Gasteiger partial charge >= 0.3 is 47.6 Å². The average Bonchev–Trinajstić information content (AvgIpc) is 3.18. The molecular weight excluding hydrogens is 1250 g/mol. The number of rotatable bonds is 18. The first kappa shape index (κ1) is 69.8. The zero-order valence-corrected chi connectivity index (χ0v) is 62.6. The van der Waals surface area contributed by atoms with Crippen LogP contribution in [0.2, 0.25) is 91.7 Å². The van der Waals surface area contributed by atoms with Crippen molar-refractivity contribution in [2.45, 2.75) is 247 Å². The van der Waals surface area contributed by atoms with Crippen LogP contribution in [-0.2, 0) is 29.3 Å². The average molecular weight is 1350 g/mol. The molecule has 8 nitrogen and oxygen atoms in total. The number of halogens is 2. The Balaban J connectivity index is 0.000000603. The zero-order chi connectivity index (χ0) is 54.8. The molecule has 1 radical (unpaired) electrons. The number of hydrogen-bond acceptors (Lipinski definition) is 8. The summed E-state index contributed by atoms with van der Waals surface area (Å²) in [5.74, 6) is 4.68. The molecule has 2 heterocycles. The van der Waals surface area contributed by atoms with Gasteiger partial charge in [-0.2, -0.15) is 0 Å². The van der Waals surface area contributed by atoms with E-state index in [1.165, 1.54) is 66.4 Å². The number of phenolic OH excluding ortho intramolecular Hbond substituents is 1. The Kier molecular flexibility index (Phi) is 28.2. The molecule has 0 unspecified atom stereocenters. The van der Waals surface area contributed by atoms with E-state index in [0.717, 1.165) is 61.3 Å². The van der Waals surface area contributed by atoms with Crippen molar-refractivity contribution in [3.8, 4) is 23.0 Å². The summed E-state index contributed by atoms with van der Waals surface area (Å²) in [5, 5.41) is 10.7. The molecule has 1 N–H and O–H groups in total. The molecule has 0 aromatic heterocycles. The third-order valence-corrected chi connectivity index (χ3v) is 29.0. The second-order valence-corrected chi connectivity index (χ2v) is 49.1. The molecule has 17 heteroatoms. The predicted octanol–water partition coefficient (Wildman–Crippen LogP) is 16.1. The number of aryl methyl sites for hydroxylation is 2. The molecule has 73 heavy (non-hydrogen) atoms. The fourth-order valence-corrected chi connectivity index (χ4v) is 28.7. The van der Waals surface area contributed by atoms with Gasteiger partial charge in [-0.3, -0.25) is 0 Å². The first-order chi connectivity index (χ1) is 33.0. The Bertz CT molecular complexity index is 2090. The third kappa shape index (κ3) is 23.0. The van der Waals surface area contributed by atoms with Gasteiger partial charge in [0.25, 0.3) is 0 Å². The normalized spacial score (nSPS) is 20.9. The van der Waals surface area contributed by atoms with Gasteiger partial charge in [-0.05, 0) is 213 Å². The summed E-state index contributed by atoms with van der Waals surface area (Å²) >= 11 is 4.24. The summed E-state index contributed by atoms with van der Waals surface area (Å²) in [7, 11) is -10.5. The van der Waals surface area contributed by atoms with Crippen LogP contribution < -0.4 is 43.5 Å². The number of unbranched alkanes of at least 4 members (excludes halogenated alkanes) is 4. The molecule has 0 saturated carbocycles. The summed E-state index contributed by atoms with van der Waals surface area (Å²) in [5.41, 5.74) is 7.20. The fourth-order valence-electron chi connectivity index (χ4n) is 10.9. The summed E-state index contributed by atoms with van der Waals surface area (Å²) in [6.07, 6.45) is 18.7. The number of fused-ring (bicyclic) bond motifs is 6. The van der Waals surface area contributed by atoms with Crippen LogP contribution in [0.5, 0.6) is 23.0 Å². The van der Waals surface area contributed by atoms with Crippen molar-refractivity contribution in [2.75, 3.05) is 0 Å². The Morgan fingerprint density at radius 3 is 1.38 bits per heavy atom. The van der Waals surface area contributed by atoms with Crippen molar-refractivity contribution in [1.29, 1.82) is 0 Å². The molecule has 2 aliphatic carbocycles. The van der Waals surface area contributed by atoms with E-state index in [9.17, 15) is 5.11 Å². The number of aromatic hydroxyl groups is 1. The zero-order valence-electron chi connectivity index (χ0n) is 51.3. The smallest absolute Gasteiger partial charge is 1.00 e. The number of phenols is 1. The second-order valence-electron chi connectivity index (χ2n) is 26.0. The van der Waals surface area contributed by atoms with Gasteiger partial charge in [0.2, 0.25) is 0 Å². The van der Waals surface area contributed by atoms with E-state index in [0.29, 0.717) is 23.5 Å². The first-order valence-corrected chi connectivity index (χ1v) is 51.2. The molecule has 0 fully saturated rings. The summed E-state index contributed by atoms with van der Waals surface area (Å²) in [4.78, 5) is 0. The predicted molar refractivity (Wildman–Crippen MR) is 340 cm³/mol. The van der Waals surface area contributed by atoms with E-state index in [2.05, 4.69) is 215 Å². The van der Waals surface area contributed by atoms with E-state index < -0.39 is 51.4 Å².